The number of nitrogens with one attached hydrogen (secondary N) is 1. The maximum atomic E-state index is 13.0. The van der Waals surface area contributed by atoms with E-state index in [0.717, 1.165) is 30.7 Å². The van der Waals surface area contributed by atoms with E-state index in [1.54, 1.807) is 30.6 Å². The Labute approximate surface area is 169 Å². The summed E-state index contributed by atoms with van der Waals surface area (Å²) >= 11 is 0. The number of piperidine rings is 1. The number of hydrogen-bond acceptors (Lipinski definition) is 4. The second-order valence-electron chi connectivity index (χ2n) is 8.26. The highest BCUT2D eigenvalue weighted by Gasteiger charge is 2.51. The number of rotatable bonds is 2. The molecule has 2 amide bonds. The first-order valence-corrected chi connectivity index (χ1v) is 10.3. The van der Waals surface area contributed by atoms with E-state index in [4.69, 9.17) is 5.26 Å². The van der Waals surface area contributed by atoms with Crippen molar-refractivity contribution in [3.05, 3.63) is 53.1 Å². The summed E-state index contributed by atoms with van der Waals surface area (Å²) in [5, 5.41) is 8.95. The zero-order valence-corrected chi connectivity index (χ0v) is 16.2. The fourth-order valence-corrected chi connectivity index (χ4v) is 4.81. The molecule has 0 bridgehead atoms. The second-order valence-corrected chi connectivity index (χ2v) is 8.26. The lowest BCUT2D eigenvalue weighted by molar-refractivity contribution is -0.143. The Hall–Kier alpha value is -3.14. The number of hydrogen-bond donors (Lipinski definition) is 1. The molecule has 2 aromatic rings. The van der Waals surface area contributed by atoms with Crippen molar-refractivity contribution in [1.29, 1.82) is 5.26 Å². The third kappa shape index (κ3) is 2.91. The normalized spacial score (nSPS) is 20.2. The molecule has 2 fully saturated rings. The van der Waals surface area contributed by atoms with Gasteiger partial charge >= 0.3 is 0 Å². The molecule has 29 heavy (non-hydrogen) atoms. The van der Waals surface area contributed by atoms with Crippen LogP contribution in [-0.2, 0) is 16.8 Å². The fourth-order valence-electron chi connectivity index (χ4n) is 4.81. The van der Waals surface area contributed by atoms with Crippen LogP contribution in [0.4, 0.5) is 0 Å². The largest absolute Gasteiger partial charge is 0.348 e. The van der Waals surface area contributed by atoms with Crippen LogP contribution in [0.1, 0.15) is 53.0 Å². The van der Waals surface area contributed by atoms with Gasteiger partial charge in [-0.2, -0.15) is 5.26 Å². The van der Waals surface area contributed by atoms with Crippen molar-refractivity contribution in [1.82, 2.24) is 19.8 Å². The standard InChI is InChI=1S/C22H23N5O2/c23-13-15-1-3-16(4-2-15)20(28)26-11-8-22(9-12-26)19-18(24-14-25-19)7-10-27(22)21(29)17-5-6-17/h1-4,14,17H,5-12H2,(H,24,25). The molecule has 1 N–H and O–H groups in total. The van der Waals surface area contributed by atoms with Crippen molar-refractivity contribution in [2.45, 2.75) is 37.6 Å². The number of benzene rings is 1. The Morgan fingerprint density at radius 3 is 2.52 bits per heavy atom. The molecule has 1 spiro atoms. The quantitative estimate of drug-likeness (QED) is 0.852. The van der Waals surface area contributed by atoms with Gasteiger partial charge in [0.2, 0.25) is 5.91 Å². The van der Waals surface area contributed by atoms with Gasteiger partial charge < -0.3 is 14.8 Å². The molecule has 1 aliphatic carbocycles. The molecule has 2 aliphatic heterocycles. The summed E-state index contributed by atoms with van der Waals surface area (Å²) in [5.74, 6) is 0.402. The average molecular weight is 389 g/mol. The molecule has 0 atom stereocenters. The van der Waals surface area contributed by atoms with E-state index in [2.05, 4.69) is 20.9 Å². The van der Waals surface area contributed by atoms with E-state index in [1.165, 1.54) is 0 Å². The zero-order valence-electron chi connectivity index (χ0n) is 16.2. The van der Waals surface area contributed by atoms with Gasteiger partial charge in [-0.15, -0.1) is 0 Å². The zero-order chi connectivity index (χ0) is 20.0. The first-order valence-electron chi connectivity index (χ1n) is 10.3. The van der Waals surface area contributed by atoms with Crippen molar-refractivity contribution in [3.8, 4) is 6.07 Å². The van der Waals surface area contributed by atoms with Gasteiger partial charge in [0.25, 0.3) is 5.91 Å². The van der Waals surface area contributed by atoms with E-state index in [-0.39, 0.29) is 17.7 Å². The van der Waals surface area contributed by atoms with Gasteiger partial charge in [-0.1, -0.05) is 0 Å². The predicted octanol–water partition coefficient (Wildman–Crippen LogP) is 2.21. The maximum absolute atomic E-state index is 13.0. The Morgan fingerprint density at radius 2 is 1.86 bits per heavy atom. The highest BCUT2D eigenvalue weighted by molar-refractivity contribution is 5.94. The number of carbonyl (C=O) groups is 2. The lowest BCUT2D eigenvalue weighted by atomic mass is 9.78. The lowest BCUT2D eigenvalue weighted by Gasteiger charge is -2.50. The number of aromatic amines is 1. The molecule has 3 aliphatic rings. The number of aromatic nitrogens is 2. The van der Waals surface area contributed by atoms with Gasteiger partial charge in [0, 0.05) is 43.2 Å². The van der Waals surface area contributed by atoms with Gasteiger partial charge in [-0.25, -0.2) is 4.98 Å². The molecule has 148 valence electrons. The van der Waals surface area contributed by atoms with Crippen LogP contribution in [0.3, 0.4) is 0 Å². The Morgan fingerprint density at radius 1 is 1.14 bits per heavy atom. The van der Waals surface area contributed by atoms with Gasteiger partial charge in [0.1, 0.15) is 0 Å². The summed E-state index contributed by atoms with van der Waals surface area (Å²) in [6.07, 6.45) is 5.91. The van der Waals surface area contributed by atoms with Gasteiger partial charge in [0.05, 0.1) is 29.2 Å². The highest BCUT2D eigenvalue weighted by Crippen LogP contribution is 2.45. The Kier molecular flexibility index (Phi) is 4.16. The van der Waals surface area contributed by atoms with Crippen LogP contribution < -0.4 is 0 Å². The molecule has 5 rings (SSSR count). The number of likely N-dealkylation sites (tertiary alicyclic amines) is 1. The summed E-state index contributed by atoms with van der Waals surface area (Å²) in [7, 11) is 0. The van der Waals surface area contributed by atoms with Crippen LogP contribution in [0, 0.1) is 17.2 Å². The number of carbonyl (C=O) groups excluding carboxylic acids is 2. The van der Waals surface area contributed by atoms with E-state index in [9.17, 15) is 9.59 Å². The number of H-pyrrole nitrogens is 1. The minimum Gasteiger partial charge on any atom is -0.348 e. The van der Waals surface area contributed by atoms with Crippen LogP contribution in [0.2, 0.25) is 0 Å². The number of fused-ring (bicyclic) bond motifs is 2. The second kappa shape index (κ2) is 6.73. The van der Waals surface area contributed by atoms with E-state index < -0.39 is 5.54 Å². The monoisotopic (exact) mass is 389 g/mol. The topological polar surface area (TPSA) is 93.1 Å². The minimum atomic E-state index is -0.408. The first-order chi connectivity index (χ1) is 14.1. The third-order valence-electron chi connectivity index (χ3n) is 6.59. The smallest absolute Gasteiger partial charge is 0.253 e. The van der Waals surface area contributed by atoms with Crippen LogP contribution in [0.5, 0.6) is 0 Å². The fraction of sp³-hybridized carbons (Fsp3) is 0.455. The minimum absolute atomic E-state index is 0.0255. The molecule has 1 aromatic carbocycles. The molecule has 0 unspecified atom stereocenters. The Balaban J connectivity index is 1.38. The molecule has 3 heterocycles. The molecule has 7 heteroatoms. The maximum Gasteiger partial charge on any atom is 0.253 e. The summed E-state index contributed by atoms with van der Waals surface area (Å²) < 4.78 is 0. The van der Waals surface area contributed by atoms with Gasteiger partial charge in [-0.05, 0) is 49.9 Å². The molecular formula is C22H23N5O2. The summed E-state index contributed by atoms with van der Waals surface area (Å²) in [6.45, 7) is 1.88. The first kappa shape index (κ1) is 17.9. The van der Waals surface area contributed by atoms with Crippen molar-refractivity contribution in [2.75, 3.05) is 19.6 Å². The molecular weight excluding hydrogens is 366 g/mol. The number of amides is 2. The van der Waals surface area contributed by atoms with Crippen LogP contribution >= 0.6 is 0 Å². The van der Waals surface area contributed by atoms with Crippen molar-refractivity contribution in [3.63, 3.8) is 0 Å². The molecule has 0 radical (unpaired) electrons. The van der Waals surface area contributed by atoms with Gasteiger partial charge in [-0.3, -0.25) is 9.59 Å². The van der Waals surface area contributed by atoms with E-state index in [0.29, 0.717) is 43.6 Å². The predicted molar refractivity (Wildman–Crippen MR) is 105 cm³/mol. The number of nitriles is 1. The Bertz CT molecular complexity index is 991. The third-order valence-corrected chi connectivity index (χ3v) is 6.59. The van der Waals surface area contributed by atoms with Gasteiger partial charge in [0.15, 0.2) is 0 Å². The SMILES string of the molecule is N#Cc1ccc(C(=O)N2CCC3(CC2)c2nc[nH]c2CCN3C(=O)C2CC2)cc1. The molecule has 1 saturated heterocycles. The number of nitrogens with zero attached hydrogens (tertiary/aromatic N) is 4. The molecule has 1 aromatic heterocycles. The van der Waals surface area contributed by atoms with Crippen LogP contribution in [-0.4, -0.2) is 51.2 Å². The lowest BCUT2D eigenvalue weighted by Crippen LogP contribution is -2.59. The van der Waals surface area contributed by atoms with Crippen molar-refractivity contribution < 1.29 is 9.59 Å². The number of imidazole rings is 1. The average Bonchev–Trinajstić information content (AvgIpc) is 3.50. The van der Waals surface area contributed by atoms with E-state index >= 15 is 0 Å². The summed E-state index contributed by atoms with van der Waals surface area (Å²) in [5.41, 5.74) is 2.84. The van der Waals surface area contributed by atoms with Crippen LogP contribution in [0.15, 0.2) is 30.6 Å². The summed E-state index contributed by atoms with van der Waals surface area (Å²) in [4.78, 5) is 37.8. The molecule has 1 saturated carbocycles. The van der Waals surface area contributed by atoms with Crippen molar-refractivity contribution in [2.24, 2.45) is 5.92 Å². The summed E-state index contributed by atoms with van der Waals surface area (Å²) in [6, 6.07) is 8.84. The van der Waals surface area contributed by atoms with Crippen molar-refractivity contribution >= 4 is 11.8 Å². The molecule has 7 nitrogen and oxygen atoms in total. The van der Waals surface area contributed by atoms with E-state index in [1.807, 2.05) is 4.90 Å². The highest BCUT2D eigenvalue weighted by atomic mass is 16.2. The van der Waals surface area contributed by atoms with Crippen LogP contribution in [0.25, 0.3) is 0 Å².